The zero-order valence-electron chi connectivity index (χ0n) is 15.4. The lowest BCUT2D eigenvalue weighted by Gasteiger charge is -2.15. The minimum atomic E-state index is -4.73. The molecule has 0 fully saturated rings. The van der Waals surface area contributed by atoms with Crippen LogP contribution in [0.3, 0.4) is 0 Å². The normalized spacial score (nSPS) is 12.3. The molecule has 0 aliphatic rings. The van der Waals surface area contributed by atoms with E-state index in [2.05, 4.69) is 20.6 Å². The van der Waals surface area contributed by atoms with Crippen LogP contribution in [0.4, 0.5) is 43.8 Å². The molecule has 2 aromatic rings. The molecule has 0 saturated carbocycles. The molecule has 0 unspecified atom stereocenters. The SMILES string of the molecule is CN(C)CCCNc1nc(Nc2ccc(C(F)(F)F)cc2Cl)cc(C(F)(F)F)n1. The fourth-order valence-corrected chi connectivity index (χ4v) is 2.49. The monoisotopic (exact) mass is 441 g/mol. The van der Waals surface area contributed by atoms with Gasteiger partial charge in [-0.25, -0.2) is 4.98 Å². The van der Waals surface area contributed by atoms with Gasteiger partial charge in [0.1, 0.15) is 5.82 Å². The van der Waals surface area contributed by atoms with Crippen molar-refractivity contribution in [3.8, 4) is 0 Å². The minimum absolute atomic E-state index is 0.0231. The standard InChI is InChI=1S/C17H18ClF6N5/c1-29(2)7-3-6-25-15-27-13(17(22,23)24)9-14(28-15)26-12-5-4-10(8-11(12)18)16(19,20)21/h4-5,8-9H,3,6-7H2,1-2H3,(H2,25,26,27,28). The molecule has 0 aliphatic carbocycles. The summed E-state index contributed by atoms with van der Waals surface area (Å²) in [4.78, 5) is 9.30. The second-order valence-electron chi connectivity index (χ2n) is 6.36. The first-order valence-electron chi connectivity index (χ1n) is 8.35. The van der Waals surface area contributed by atoms with Gasteiger partial charge >= 0.3 is 12.4 Å². The number of nitrogens with zero attached hydrogens (tertiary/aromatic N) is 3. The van der Waals surface area contributed by atoms with Crippen molar-refractivity contribution in [1.82, 2.24) is 14.9 Å². The Bertz CT molecular complexity index is 838. The first-order chi connectivity index (χ1) is 13.4. The maximum Gasteiger partial charge on any atom is 0.433 e. The molecule has 0 spiro atoms. The van der Waals surface area contributed by atoms with Gasteiger partial charge in [-0.15, -0.1) is 0 Å². The second kappa shape index (κ2) is 9.04. The van der Waals surface area contributed by atoms with Gasteiger partial charge in [-0.3, -0.25) is 0 Å². The van der Waals surface area contributed by atoms with Crippen LogP contribution in [0, 0.1) is 0 Å². The summed E-state index contributed by atoms with van der Waals surface area (Å²) < 4.78 is 77.6. The van der Waals surface area contributed by atoms with E-state index >= 15 is 0 Å². The summed E-state index contributed by atoms with van der Waals surface area (Å²) in [5, 5.41) is 4.91. The quantitative estimate of drug-likeness (QED) is 0.452. The van der Waals surface area contributed by atoms with Gasteiger partial charge in [0.05, 0.1) is 16.3 Å². The van der Waals surface area contributed by atoms with Crippen molar-refractivity contribution in [3.05, 3.63) is 40.5 Å². The molecule has 1 aromatic heterocycles. The van der Waals surface area contributed by atoms with Gasteiger partial charge in [-0.2, -0.15) is 31.3 Å². The van der Waals surface area contributed by atoms with Crippen molar-refractivity contribution >= 4 is 29.1 Å². The van der Waals surface area contributed by atoms with Crippen molar-refractivity contribution in [2.24, 2.45) is 0 Å². The van der Waals surface area contributed by atoms with Gasteiger partial charge in [0.2, 0.25) is 5.95 Å². The lowest BCUT2D eigenvalue weighted by molar-refractivity contribution is -0.141. The van der Waals surface area contributed by atoms with Crippen LogP contribution in [0.1, 0.15) is 17.7 Å². The number of benzene rings is 1. The van der Waals surface area contributed by atoms with Crippen LogP contribution in [-0.4, -0.2) is 42.1 Å². The lowest BCUT2D eigenvalue weighted by Crippen LogP contribution is -2.18. The zero-order chi connectivity index (χ0) is 21.8. The second-order valence-corrected chi connectivity index (χ2v) is 6.77. The number of hydrogen-bond donors (Lipinski definition) is 2. The van der Waals surface area contributed by atoms with Crippen molar-refractivity contribution in [1.29, 1.82) is 0 Å². The Labute approximate surface area is 168 Å². The van der Waals surface area contributed by atoms with Gasteiger partial charge in [0, 0.05) is 12.6 Å². The van der Waals surface area contributed by atoms with E-state index in [-0.39, 0.29) is 22.5 Å². The first kappa shape index (κ1) is 23.0. The summed E-state index contributed by atoms with van der Waals surface area (Å²) in [6.45, 7) is 1.04. The predicted molar refractivity (Wildman–Crippen MR) is 98.4 cm³/mol. The molecule has 0 bridgehead atoms. The maximum absolute atomic E-state index is 13.1. The molecule has 1 aromatic carbocycles. The Morgan fingerprint density at radius 1 is 1.00 bits per heavy atom. The summed E-state index contributed by atoms with van der Waals surface area (Å²) >= 11 is 5.84. The fourth-order valence-electron chi connectivity index (χ4n) is 2.26. The fraction of sp³-hybridized carbons (Fsp3) is 0.412. The van der Waals surface area contributed by atoms with E-state index in [1.165, 1.54) is 0 Å². The highest BCUT2D eigenvalue weighted by Crippen LogP contribution is 2.35. The highest BCUT2D eigenvalue weighted by Gasteiger charge is 2.34. The molecule has 12 heteroatoms. The van der Waals surface area contributed by atoms with Crippen LogP contribution in [-0.2, 0) is 12.4 Å². The number of aromatic nitrogens is 2. The van der Waals surface area contributed by atoms with Crippen molar-refractivity contribution < 1.29 is 26.3 Å². The highest BCUT2D eigenvalue weighted by atomic mass is 35.5. The summed E-state index contributed by atoms with van der Waals surface area (Å²) in [7, 11) is 3.72. The van der Waals surface area contributed by atoms with Crippen LogP contribution < -0.4 is 10.6 Å². The third-order valence-corrected chi connectivity index (χ3v) is 3.95. The maximum atomic E-state index is 13.1. The molecule has 29 heavy (non-hydrogen) atoms. The molecule has 160 valence electrons. The highest BCUT2D eigenvalue weighted by molar-refractivity contribution is 6.33. The third kappa shape index (κ3) is 6.93. The summed E-state index contributed by atoms with van der Waals surface area (Å²) in [5.74, 6) is -0.520. The first-order valence-corrected chi connectivity index (χ1v) is 8.72. The van der Waals surface area contributed by atoms with E-state index in [4.69, 9.17) is 11.6 Å². The minimum Gasteiger partial charge on any atom is -0.354 e. The van der Waals surface area contributed by atoms with Crippen LogP contribution >= 0.6 is 11.6 Å². The smallest absolute Gasteiger partial charge is 0.354 e. The van der Waals surface area contributed by atoms with Crippen LogP contribution in [0.25, 0.3) is 0 Å². The van der Waals surface area contributed by atoms with Gasteiger partial charge in [-0.1, -0.05) is 11.6 Å². The molecule has 5 nitrogen and oxygen atoms in total. The Hall–Kier alpha value is -2.27. The number of anilines is 3. The average molecular weight is 442 g/mol. The molecule has 0 amide bonds. The zero-order valence-corrected chi connectivity index (χ0v) is 16.2. The molecular formula is C17H18ClF6N5. The summed E-state index contributed by atoms with van der Waals surface area (Å²) in [6.07, 6.45) is -8.69. The molecular weight excluding hydrogens is 424 g/mol. The van der Waals surface area contributed by atoms with E-state index in [9.17, 15) is 26.3 Å². The molecule has 0 atom stereocenters. The number of hydrogen-bond acceptors (Lipinski definition) is 5. The van der Waals surface area contributed by atoms with Gasteiger partial charge in [-0.05, 0) is 45.3 Å². The molecule has 0 aliphatic heterocycles. The van der Waals surface area contributed by atoms with E-state index in [1.54, 1.807) is 0 Å². The molecule has 0 saturated heterocycles. The van der Waals surface area contributed by atoms with Gasteiger partial charge in [0.15, 0.2) is 5.69 Å². The van der Waals surface area contributed by atoms with E-state index in [0.29, 0.717) is 31.6 Å². The average Bonchev–Trinajstić information content (AvgIpc) is 2.58. The van der Waals surface area contributed by atoms with E-state index in [0.717, 1.165) is 12.1 Å². The Morgan fingerprint density at radius 2 is 1.69 bits per heavy atom. The van der Waals surface area contributed by atoms with Crippen LogP contribution in [0.15, 0.2) is 24.3 Å². The van der Waals surface area contributed by atoms with Gasteiger partial charge < -0.3 is 15.5 Å². The topological polar surface area (TPSA) is 53.1 Å². The number of alkyl halides is 6. The summed E-state index contributed by atoms with van der Waals surface area (Å²) in [5.41, 5.74) is -2.20. The molecule has 1 heterocycles. The largest absolute Gasteiger partial charge is 0.433 e. The van der Waals surface area contributed by atoms with E-state index in [1.807, 2.05) is 19.0 Å². The Morgan fingerprint density at radius 3 is 2.24 bits per heavy atom. The van der Waals surface area contributed by atoms with Gasteiger partial charge in [0.25, 0.3) is 0 Å². The van der Waals surface area contributed by atoms with Crippen molar-refractivity contribution in [2.75, 3.05) is 37.8 Å². The van der Waals surface area contributed by atoms with Crippen LogP contribution in [0.2, 0.25) is 5.02 Å². The summed E-state index contributed by atoms with van der Waals surface area (Å²) in [6, 6.07) is 3.11. The Kier molecular flexibility index (Phi) is 7.17. The van der Waals surface area contributed by atoms with Crippen molar-refractivity contribution in [2.45, 2.75) is 18.8 Å². The predicted octanol–water partition coefficient (Wildman–Crippen LogP) is 5.27. The number of nitrogens with one attached hydrogen (secondary N) is 2. The molecule has 2 N–H and O–H groups in total. The number of rotatable bonds is 7. The molecule has 0 radical (unpaired) electrons. The van der Waals surface area contributed by atoms with E-state index < -0.39 is 23.6 Å². The van der Waals surface area contributed by atoms with Crippen LogP contribution in [0.5, 0.6) is 0 Å². The lowest BCUT2D eigenvalue weighted by atomic mass is 10.2. The van der Waals surface area contributed by atoms with Crippen molar-refractivity contribution in [3.63, 3.8) is 0 Å². The molecule has 2 rings (SSSR count). The number of halogens is 7. The third-order valence-electron chi connectivity index (χ3n) is 3.64. The Balaban J connectivity index is 2.26.